The molecule has 0 saturated heterocycles. The van der Waals surface area contributed by atoms with Crippen LogP contribution in [0.3, 0.4) is 0 Å². The van der Waals surface area contributed by atoms with Gasteiger partial charge in [0.1, 0.15) is 24.5 Å². The van der Waals surface area contributed by atoms with Gasteiger partial charge < -0.3 is 24.6 Å². The van der Waals surface area contributed by atoms with Crippen LogP contribution in [0.5, 0.6) is 17.2 Å². The quantitative estimate of drug-likeness (QED) is 0.700. The molecule has 1 aliphatic rings. The Kier molecular flexibility index (Phi) is 5.84. The molecule has 0 fully saturated rings. The summed E-state index contributed by atoms with van der Waals surface area (Å²) in [6, 6.07) is 9.41. The van der Waals surface area contributed by atoms with Crippen molar-refractivity contribution in [2.75, 3.05) is 31.8 Å². The monoisotopic (exact) mass is 383 g/mol. The second-order valence-corrected chi connectivity index (χ2v) is 6.41. The summed E-state index contributed by atoms with van der Waals surface area (Å²) in [7, 11) is 1.52. The van der Waals surface area contributed by atoms with Crippen LogP contribution in [0.15, 0.2) is 36.7 Å². The Bertz CT molecular complexity index is 977. The third-order valence-electron chi connectivity index (χ3n) is 4.76. The molecular weight excluding hydrogens is 358 g/mol. The number of nitrogens with zero attached hydrogens (tertiary/aromatic N) is 3. The van der Waals surface area contributed by atoms with E-state index in [9.17, 15) is 5.11 Å². The summed E-state index contributed by atoms with van der Waals surface area (Å²) in [5.41, 5.74) is 3.13. The van der Waals surface area contributed by atoms with Crippen molar-refractivity contribution in [3.8, 4) is 17.2 Å². The van der Waals surface area contributed by atoms with Crippen LogP contribution in [0.4, 0.5) is 5.82 Å². The first kappa shape index (κ1) is 19.7. The maximum absolute atomic E-state index is 10.0. The first-order chi connectivity index (χ1) is 13.2. The molecule has 7 nitrogen and oxygen atoms in total. The van der Waals surface area contributed by atoms with Crippen molar-refractivity contribution in [1.82, 2.24) is 9.97 Å². The number of rotatable bonds is 5. The molecule has 2 heterocycles. The van der Waals surface area contributed by atoms with Gasteiger partial charge in [-0.15, -0.1) is 0 Å². The molecule has 3 aromatic rings. The maximum atomic E-state index is 10.0. The molecule has 0 unspecified atom stereocenters. The van der Waals surface area contributed by atoms with Gasteiger partial charge in [0.25, 0.3) is 0 Å². The first-order valence-electron chi connectivity index (χ1n) is 8.81. The van der Waals surface area contributed by atoms with Gasteiger partial charge in [-0.2, -0.15) is 0 Å². The number of anilines is 1. The fraction of sp³-hybridized carbons (Fsp3) is 0.333. The number of hydrogen-bond acceptors (Lipinski definition) is 7. The van der Waals surface area contributed by atoms with Crippen LogP contribution in [0, 0.1) is 0 Å². The van der Waals surface area contributed by atoms with Crippen molar-refractivity contribution in [3.05, 3.63) is 47.8 Å². The highest BCUT2D eigenvalue weighted by atomic mass is 16.5. The van der Waals surface area contributed by atoms with Gasteiger partial charge in [0.05, 0.1) is 19.2 Å². The molecule has 0 saturated carbocycles. The summed E-state index contributed by atoms with van der Waals surface area (Å²) in [5.74, 6) is 2.02. The number of phenols is 1. The third-order valence-corrected chi connectivity index (χ3v) is 4.76. The number of fused-ring (bicyclic) bond motifs is 2. The van der Waals surface area contributed by atoms with Crippen LogP contribution < -0.4 is 14.4 Å². The number of methoxy groups -OCH3 is 1. The fourth-order valence-electron chi connectivity index (χ4n) is 3.44. The largest absolute Gasteiger partial charge is 0.504 e. The van der Waals surface area contributed by atoms with E-state index < -0.39 is 0 Å². The molecule has 28 heavy (non-hydrogen) atoms. The fourth-order valence-corrected chi connectivity index (χ4v) is 3.44. The van der Waals surface area contributed by atoms with Crippen molar-refractivity contribution in [2.24, 2.45) is 0 Å². The minimum absolute atomic E-state index is 0. The van der Waals surface area contributed by atoms with Crippen LogP contribution >= 0.6 is 0 Å². The number of aliphatic hydroxyl groups is 1. The van der Waals surface area contributed by atoms with E-state index in [0.717, 1.165) is 29.9 Å². The number of aromatic nitrogens is 2. The predicted molar refractivity (Wildman–Crippen MR) is 108 cm³/mol. The lowest BCUT2D eigenvalue weighted by Crippen LogP contribution is -2.31. The SMILES string of the molecule is C.COc1cc2c(N3CCc4ccc(OCCO)cc4C3)ncnc2cc1O. The normalized spacial score (nSPS) is 13.0. The van der Waals surface area contributed by atoms with Crippen molar-refractivity contribution in [1.29, 1.82) is 0 Å². The van der Waals surface area contributed by atoms with Gasteiger partial charge >= 0.3 is 0 Å². The smallest absolute Gasteiger partial charge is 0.161 e. The number of aliphatic hydroxyl groups excluding tert-OH is 1. The highest BCUT2D eigenvalue weighted by Crippen LogP contribution is 2.35. The zero-order valence-corrected chi connectivity index (χ0v) is 15.1. The van der Waals surface area contributed by atoms with E-state index in [1.807, 2.05) is 12.1 Å². The molecule has 0 aliphatic carbocycles. The summed E-state index contributed by atoms with van der Waals surface area (Å²) in [5, 5.41) is 19.8. The summed E-state index contributed by atoms with van der Waals surface area (Å²) >= 11 is 0. The van der Waals surface area contributed by atoms with Crippen LogP contribution in [-0.4, -0.2) is 47.0 Å². The van der Waals surface area contributed by atoms with Crippen molar-refractivity contribution >= 4 is 16.7 Å². The third kappa shape index (κ3) is 3.66. The van der Waals surface area contributed by atoms with Crippen molar-refractivity contribution in [2.45, 2.75) is 20.4 Å². The van der Waals surface area contributed by atoms with Crippen molar-refractivity contribution in [3.63, 3.8) is 0 Å². The first-order valence-corrected chi connectivity index (χ1v) is 8.81. The Morgan fingerprint density at radius 1 is 1.14 bits per heavy atom. The van der Waals surface area contributed by atoms with E-state index in [-0.39, 0.29) is 26.4 Å². The number of hydrogen-bond donors (Lipinski definition) is 2. The Labute approximate surface area is 164 Å². The van der Waals surface area contributed by atoms with Gasteiger partial charge in [-0.3, -0.25) is 0 Å². The highest BCUT2D eigenvalue weighted by Gasteiger charge is 2.21. The molecule has 148 valence electrons. The van der Waals surface area contributed by atoms with E-state index in [4.69, 9.17) is 14.6 Å². The maximum Gasteiger partial charge on any atom is 0.161 e. The minimum atomic E-state index is -0.00911. The Balaban J connectivity index is 0.00000225. The Hall–Kier alpha value is -3.06. The minimum Gasteiger partial charge on any atom is -0.504 e. The number of aromatic hydroxyl groups is 1. The molecule has 0 bridgehead atoms. The van der Waals surface area contributed by atoms with Gasteiger partial charge in [0, 0.05) is 24.5 Å². The van der Waals surface area contributed by atoms with Crippen LogP contribution in [0.25, 0.3) is 10.9 Å². The van der Waals surface area contributed by atoms with E-state index >= 15 is 0 Å². The summed E-state index contributed by atoms with van der Waals surface area (Å²) < 4.78 is 10.8. The molecule has 0 radical (unpaired) electrons. The molecule has 1 aromatic heterocycles. The lowest BCUT2D eigenvalue weighted by molar-refractivity contribution is 0.201. The van der Waals surface area contributed by atoms with Gasteiger partial charge in [-0.1, -0.05) is 13.5 Å². The second kappa shape index (κ2) is 8.31. The zero-order chi connectivity index (χ0) is 18.8. The van der Waals surface area contributed by atoms with Crippen LogP contribution in [0.2, 0.25) is 0 Å². The Morgan fingerprint density at radius 3 is 2.79 bits per heavy atom. The lowest BCUT2D eigenvalue weighted by atomic mass is 9.99. The highest BCUT2D eigenvalue weighted by molar-refractivity contribution is 5.92. The molecule has 1 aliphatic heterocycles. The van der Waals surface area contributed by atoms with E-state index in [1.165, 1.54) is 24.6 Å². The molecule has 0 spiro atoms. The predicted octanol–water partition coefficient (Wildman–Crippen LogP) is 2.91. The second-order valence-electron chi connectivity index (χ2n) is 6.41. The Morgan fingerprint density at radius 2 is 2.00 bits per heavy atom. The van der Waals surface area contributed by atoms with Gasteiger partial charge in [0.2, 0.25) is 0 Å². The molecular formula is C21H25N3O4. The number of benzene rings is 2. The van der Waals surface area contributed by atoms with Gasteiger partial charge in [-0.05, 0) is 35.7 Å². The van der Waals surface area contributed by atoms with Crippen molar-refractivity contribution < 1.29 is 19.7 Å². The molecule has 2 N–H and O–H groups in total. The lowest BCUT2D eigenvalue weighted by Gasteiger charge is -2.30. The van der Waals surface area contributed by atoms with E-state index in [0.29, 0.717) is 17.8 Å². The number of phenolic OH excluding ortho intramolecular Hbond substituents is 1. The van der Waals surface area contributed by atoms with Gasteiger partial charge in [-0.25, -0.2) is 9.97 Å². The zero-order valence-electron chi connectivity index (χ0n) is 15.1. The summed E-state index contributed by atoms with van der Waals surface area (Å²) in [6.07, 6.45) is 2.41. The molecule has 0 atom stereocenters. The topological polar surface area (TPSA) is 87.9 Å². The average molecular weight is 383 g/mol. The molecule has 2 aromatic carbocycles. The molecule has 0 amide bonds. The van der Waals surface area contributed by atoms with E-state index in [2.05, 4.69) is 20.9 Å². The summed E-state index contributed by atoms with van der Waals surface area (Å²) in [6.45, 7) is 1.80. The standard InChI is InChI=1S/C20H21N3O4.CH4/c1-26-19-9-16-17(10-18(19)25)21-12-22-20(16)23-5-4-13-2-3-15(27-7-6-24)8-14(13)11-23;/h2-3,8-10,12,24-25H,4-7,11H2,1H3;1H4. The summed E-state index contributed by atoms with van der Waals surface area (Å²) in [4.78, 5) is 11.0. The average Bonchev–Trinajstić information content (AvgIpc) is 2.70. The number of ether oxygens (including phenoxy) is 2. The van der Waals surface area contributed by atoms with E-state index in [1.54, 1.807) is 12.1 Å². The molecule has 4 rings (SSSR count). The van der Waals surface area contributed by atoms with Crippen LogP contribution in [0.1, 0.15) is 18.6 Å². The van der Waals surface area contributed by atoms with Crippen LogP contribution in [-0.2, 0) is 13.0 Å². The molecule has 7 heteroatoms. The van der Waals surface area contributed by atoms with Gasteiger partial charge in [0.15, 0.2) is 11.5 Å².